The van der Waals surface area contributed by atoms with E-state index in [1.165, 1.54) is 25.7 Å². The van der Waals surface area contributed by atoms with Gasteiger partial charge in [-0.05, 0) is 42.5 Å². The van der Waals surface area contributed by atoms with Gasteiger partial charge in [0.2, 0.25) is 0 Å². The summed E-state index contributed by atoms with van der Waals surface area (Å²) in [6, 6.07) is 0.483. The quantitative estimate of drug-likeness (QED) is 0.284. The van der Waals surface area contributed by atoms with Crippen molar-refractivity contribution >= 4 is 11.9 Å². The van der Waals surface area contributed by atoms with Crippen molar-refractivity contribution in [3.63, 3.8) is 0 Å². The third-order valence-electron chi connectivity index (χ3n) is 3.32. The first kappa shape index (κ1) is 9.30. The van der Waals surface area contributed by atoms with E-state index in [1.807, 2.05) is 0 Å². The van der Waals surface area contributed by atoms with Crippen LogP contribution >= 0.6 is 0 Å². The van der Waals surface area contributed by atoms with E-state index >= 15 is 0 Å². The van der Waals surface area contributed by atoms with E-state index in [9.17, 15) is 0 Å². The zero-order valence-electron chi connectivity index (χ0n) is 8.24. The lowest BCUT2D eigenvalue weighted by Crippen LogP contribution is -2.82. The Kier molecular flexibility index (Phi) is 2.31. The van der Waals surface area contributed by atoms with Crippen molar-refractivity contribution in [2.24, 2.45) is 34.0 Å². The van der Waals surface area contributed by atoms with Gasteiger partial charge in [0.05, 0.1) is 6.04 Å². The van der Waals surface area contributed by atoms with Crippen LogP contribution in [0.5, 0.6) is 0 Å². The number of rotatable bonds is 1. The van der Waals surface area contributed by atoms with Crippen LogP contribution in [0.3, 0.4) is 0 Å². The molecule has 0 saturated heterocycles. The van der Waals surface area contributed by atoms with Gasteiger partial charge in [0.25, 0.3) is 5.96 Å². The van der Waals surface area contributed by atoms with Crippen LogP contribution in [-0.2, 0) is 0 Å². The second-order valence-corrected chi connectivity index (χ2v) is 4.35. The molecule has 78 valence electrons. The van der Waals surface area contributed by atoms with Crippen molar-refractivity contribution in [3.8, 4) is 0 Å². The number of nitrogens with two attached hydrogens (primary N) is 3. The van der Waals surface area contributed by atoms with Gasteiger partial charge in [-0.25, -0.2) is 0 Å². The highest BCUT2D eigenvalue weighted by molar-refractivity contribution is 5.89. The molecule has 2 bridgehead atoms. The summed E-state index contributed by atoms with van der Waals surface area (Å²) >= 11 is 0. The van der Waals surface area contributed by atoms with Gasteiger partial charge in [0.15, 0.2) is 0 Å². The number of hydrogen-bond acceptors (Lipinski definition) is 0. The van der Waals surface area contributed by atoms with Crippen LogP contribution < -0.4 is 22.2 Å². The minimum absolute atomic E-state index is 0.0122. The van der Waals surface area contributed by atoms with Crippen LogP contribution in [-0.4, -0.2) is 18.0 Å². The lowest BCUT2D eigenvalue weighted by Gasteiger charge is -2.15. The Hall–Kier alpha value is -1.26. The molecule has 0 aromatic rings. The topological polar surface area (TPSA) is 104 Å². The van der Waals surface area contributed by atoms with Gasteiger partial charge in [-0.1, -0.05) is 0 Å². The maximum Gasteiger partial charge on any atom is 0.386 e. The fraction of sp³-hybridized carbons (Fsp3) is 0.778. The highest BCUT2D eigenvalue weighted by Gasteiger charge is 2.40. The standard InChI is InChI=1S/C9H17N5/c10-8(11)14-9(12)13-7-4-5-1-2-6(7)3-5/h5-7H,1-4H2,(H6,10,11,12,13,14)/p+1. The first-order valence-corrected chi connectivity index (χ1v) is 5.13. The lowest BCUT2D eigenvalue weighted by molar-refractivity contribution is -0.514. The minimum Gasteiger partial charge on any atom is -0.356 e. The molecule has 7 N–H and O–H groups in total. The van der Waals surface area contributed by atoms with Crippen molar-refractivity contribution in [1.29, 1.82) is 0 Å². The molecule has 2 rings (SSSR count). The van der Waals surface area contributed by atoms with E-state index in [1.54, 1.807) is 0 Å². The van der Waals surface area contributed by atoms with Crippen molar-refractivity contribution < 1.29 is 4.99 Å². The molecule has 0 spiro atoms. The van der Waals surface area contributed by atoms with Crippen LogP contribution in [0.1, 0.15) is 25.7 Å². The lowest BCUT2D eigenvalue weighted by atomic mass is 9.96. The Morgan fingerprint density at radius 2 is 1.93 bits per heavy atom. The van der Waals surface area contributed by atoms with E-state index in [0.717, 1.165) is 11.8 Å². The van der Waals surface area contributed by atoms with Crippen LogP contribution in [0.4, 0.5) is 0 Å². The number of aliphatic imine (C=N–C) groups is 1. The van der Waals surface area contributed by atoms with E-state index < -0.39 is 0 Å². The average Bonchev–Trinajstić information content (AvgIpc) is 2.62. The summed E-state index contributed by atoms with van der Waals surface area (Å²) in [5.74, 6) is 2.03. The fourth-order valence-corrected chi connectivity index (χ4v) is 2.78. The molecule has 5 nitrogen and oxygen atoms in total. The summed E-state index contributed by atoms with van der Waals surface area (Å²) in [7, 11) is 0. The molecule has 14 heavy (non-hydrogen) atoms. The maximum absolute atomic E-state index is 5.64. The van der Waals surface area contributed by atoms with Crippen LogP contribution in [0.15, 0.2) is 4.99 Å². The summed E-state index contributed by atoms with van der Waals surface area (Å²) in [6.45, 7) is 0. The summed E-state index contributed by atoms with van der Waals surface area (Å²) in [5.41, 5.74) is 16.1. The zero-order chi connectivity index (χ0) is 10.1. The van der Waals surface area contributed by atoms with Crippen molar-refractivity contribution in [2.75, 3.05) is 0 Å². The highest BCUT2D eigenvalue weighted by atomic mass is 15.1. The van der Waals surface area contributed by atoms with Gasteiger partial charge in [-0.2, -0.15) is 0 Å². The Bertz CT molecular complexity index is 279. The molecule has 0 aliphatic heterocycles. The molecule has 2 aliphatic carbocycles. The Labute approximate surface area is 83.5 Å². The average molecular weight is 196 g/mol. The highest BCUT2D eigenvalue weighted by Crippen LogP contribution is 2.42. The second kappa shape index (κ2) is 3.48. The molecule has 0 aromatic heterocycles. The van der Waals surface area contributed by atoms with Gasteiger partial charge in [0.1, 0.15) is 0 Å². The summed E-state index contributed by atoms with van der Waals surface area (Å²) in [5, 5.41) is 0. The molecule has 0 heterocycles. The number of guanidine groups is 2. The molecule has 0 aromatic carbocycles. The van der Waals surface area contributed by atoms with Crippen molar-refractivity contribution in [3.05, 3.63) is 0 Å². The van der Waals surface area contributed by atoms with Gasteiger partial charge in [0, 0.05) is 0 Å². The maximum atomic E-state index is 5.64. The number of nitrogens with zero attached hydrogens (tertiary/aromatic N) is 1. The fourth-order valence-electron chi connectivity index (χ4n) is 2.78. The first-order valence-electron chi connectivity index (χ1n) is 5.13. The van der Waals surface area contributed by atoms with E-state index in [0.29, 0.717) is 12.0 Å². The number of fused-ring (bicyclic) bond motifs is 2. The summed E-state index contributed by atoms with van der Waals surface area (Å²) in [4.78, 5) is 6.97. The molecule has 2 aliphatic rings. The smallest absolute Gasteiger partial charge is 0.356 e. The summed E-state index contributed by atoms with van der Waals surface area (Å²) < 4.78 is 0. The molecular formula is C9H18N5+. The van der Waals surface area contributed by atoms with Crippen LogP contribution in [0, 0.1) is 11.8 Å². The van der Waals surface area contributed by atoms with Crippen LogP contribution in [0.25, 0.3) is 0 Å². The van der Waals surface area contributed by atoms with Crippen LogP contribution in [0.2, 0.25) is 0 Å². The molecule has 2 fully saturated rings. The molecule has 5 heteroatoms. The van der Waals surface area contributed by atoms with E-state index in [2.05, 4.69) is 9.98 Å². The Morgan fingerprint density at radius 1 is 1.14 bits per heavy atom. The van der Waals surface area contributed by atoms with Gasteiger partial charge < -0.3 is 11.5 Å². The molecule has 0 amide bonds. The number of hydrogen-bond donors (Lipinski definition) is 4. The van der Waals surface area contributed by atoms with E-state index in [4.69, 9.17) is 17.2 Å². The van der Waals surface area contributed by atoms with Gasteiger partial charge in [-0.3, -0.25) is 10.7 Å². The van der Waals surface area contributed by atoms with E-state index in [-0.39, 0.29) is 5.96 Å². The molecule has 0 radical (unpaired) electrons. The Morgan fingerprint density at radius 3 is 2.43 bits per heavy atom. The monoisotopic (exact) mass is 196 g/mol. The minimum atomic E-state index is 0.0122. The molecular weight excluding hydrogens is 178 g/mol. The molecule has 2 saturated carbocycles. The number of nitrogens with one attached hydrogen (secondary N) is 1. The van der Waals surface area contributed by atoms with Gasteiger partial charge >= 0.3 is 5.96 Å². The zero-order valence-corrected chi connectivity index (χ0v) is 8.24. The summed E-state index contributed by atoms with van der Waals surface area (Å²) in [6.07, 6.45) is 5.25. The second-order valence-electron chi connectivity index (χ2n) is 4.35. The normalized spacial score (nSPS) is 36.0. The SMILES string of the molecule is NC(N)=NC(N)=[NH+]C1CC2CCC1C2. The van der Waals surface area contributed by atoms with Crippen molar-refractivity contribution in [2.45, 2.75) is 31.7 Å². The molecule has 3 atom stereocenters. The van der Waals surface area contributed by atoms with Crippen molar-refractivity contribution in [1.82, 2.24) is 0 Å². The van der Waals surface area contributed by atoms with Gasteiger partial charge in [-0.15, -0.1) is 0 Å². The predicted octanol–water partition coefficient (Wildman–Crippen LogP) is -2.16. The first-order chi connectivity index (χ1) is 6.65. The Balaban J connectivity index is 2.00. The third kappa shape index (κ3) is 1.81. The third-order valence-corrected chi connectivity index (χ3v) is 3.32. The predicted molar refractivity (Wildman–Crippen MR) is 55.2 cm³/mol. The molecule has 3 unspecified atom stereocenters. The largest absolute Gasteiger partial charge is 0.386 e.